The van der Waals surface area contributed by atoms with Crippen molar-refractivity contribution in [3.63, 3.8) is 0 Å². The van der Waals surface area contributed by atoms with Crippen LogP contribution in [-0.2, 0) is 4.74 Å². The van der Waals surface area contributed by atoms with Crippen molar-refractivity contribution in [3.8, 4) is 11.5 Å². The van der Waals surface area contributed by atoms with E-state index in [0.29, 0.717) is 48.1 Å². The zero-order valence-corrected chi connectivity index (χ0v) is 17.3. The quantitative estimate of drug-likeness (QED) is 0.688. The molecule has 0 bridgehead atoms. The maximum Gasteiger partial charge on any atom is 0.255 e. The van der Waals surface area contributed by atoms with E-state index in [4.69, 9.17) is 14.2 Å². The lowest BCUT2D eigenvalue weighted by Crippen LogP contribution is -2.41. The summed E-state index contributed by atoms with van der Waals surface area (Å²) in [6.45, 7) is 4.42. The van der Waals surface area contributed by atoms with Gasteiger partial charge in [0.15, 0.2) is 0 Å². The molecule has 0 spiro atoms. The summed E-state index contributed by atoms with van der Waals surface area (Å²) in [6.07, 6.45) is 0. The second-order valence-corrected chi connectivity index (χ2v) is 6.80. The van der Waals surface area contributed by atoms with E-state index in [1.165, 1.54) is 7.11 Å². The smallest absolute Gasteiger partial charge is 0.255 e. The predicted octanol–water partition coefficient (Wildman–Crippen LogP) is 2.02. The predicted molar refractivity (Wildman–Crippen MR) is 114 cm³/mol. The second-order valence-electron chi connectivity index (χ2n) is 6.80. The molecular formula is C22H27N3O5. The molecule has 2 aromatic rings. The first-order valence-electron chi connectivity index (χ1n) is 9.82. The summed E-state index contributed by atoms with van der Waals surface area (Å²) in [5.74, 6) is 0.627. The molecule has 160 valence electrons. The Bertz CT molecular complexity index is 864. The Labute approximate surface area is 176 Å². The van der Waals surface area contributed by atoms with Crippen LogP contribution in [0.4, 0.5) is 5.69 Å². The van der Waals surface area contributed by atoms with Crippen molar-refractivity contribution in [1.29, 1.82) is 0 Å². The Hall–Kier alpha value is -3.10. The minimum Gasteiger partial charge on any atom is -0.497 e. The van der Waals surface area contributed by atoms with Gasteiger partial charge in [-0.3, -0.25) is 14.5 Å². The fourth-order valence-corrected chi connectivity index (χ4v) is 3.14. The Kier molecular flexibility index (Phi) is 7.64. The van der Waals surface area contributed by atoms with Crippen molar-refractivity contribution in [1.82, 2.24) is 10.2 Å². The number of morpholine rings is 1. The van der Waals surface area contributed by atoms with E-state index in [0.717, 1.165) is 19.6 Å². The number of nitrogens with one attached hydrogen (secondary N) is 2. The highest BCUT2D eigenvalue weighted by atomic mass is 16.5. The molecule has 1 aliphatic heterocycles. The molecule has 2 amide bonds. The Morgan fingerprint density at radius 3 is 2.30 bits per heavy atom. The van der Waals surface area contributed by atoms with Gasteiger partial charge in [0.2, 0.25) is 0 Å². The number of anilines is 1. The van der Waals surface area contributed by atoms with Crippen LogP contribution >= 0.6 is 0 Å². The molecule has 3 rings (SSSR count). The molecule has 1 saturated heterocycles. The molecule has 1 fully saturated rings. The summed E-state index contributed by atoms with van der Waals surface area (Å²) in [5, 5.41) is 5.73. The monoisotopic (exact) mass is 413 g/mol. The molecule has 1 heterocycles. The molecule has 1 aliphatic rings. The number of carbonyl (C=O) groups is 2. The highest BCUT2D eigenvalue weighted by molar-refractivity contribution is 6.09. The summed E-state index contributed by atoms with van der Waals surface area (Å²) >= 11 is 0. The van der Waals surface area contributed by atoms with E-state index in [1.807, 2.05) is 0 Å². The number of ether oxygens (including phenoxy) is 3. The van der Waals surface area contributed by atoms with E-state index >= 15 is 0 Å². The number of rotatable bonds is 8. The zero-order valence-electron chi connectivity index (χ0n) is 17.3. The van der Waals surface area contributed by atoms with Crippen LogP contribution < -0.4 is 20.1 Å². The Morgan fingerprint density at radius 1 is 0.967 bits per heavy atom. The van der Waals surface area contributed by atoms with Gasteiger partial charge in [-0.2, -0.15) is 0 Å². The standard InChI is InChI=1S/C22H27N3O5/c1-28-17-5-3-16(4-6-17)21(26)24-20-15-18(29-2)7-8-19(20)22(27)23-9-10-25-11-13-30-14-12-25/h3-8,15H,9-14H2,1-2H3,(H,23,27)(H,24,26). The van der Waals surface area contributed by atoms with Crippen molar-refractivity contribution < 1.29 is 23.8 Å². The van der Waals surface area contributed by atoms with E-state index in [1.54, 1.807) is 49.6 Å². The van der Waals surface area contributed by atoms with Crippen LogP contribution in [0.25, 0.3) is 0 Å². The molecule has 0 aromatic heterocycles. The first-order valence-corrected chi connectivity index (χ1v) is 9.82. The number of hydrogen-bond acceptors (Lipinski definition) is 6. The van der Waals surface area contributed by atoms with Crippen LogP contribution in [0.15, 0.2) is 42.5 Å². The van der Waals surface area contributed by atoms with E-state index < -0.39 is 0 Å². The molecule has 0 saturated carbocycles. The summed E-state index contributed by atoms with van der Waals surface area (Å²) in [5.41, 5.74) is 1.22. The van der Waals surface area contributed by atoms with Gasteiger partial charge in [0.1, 0.15) is 11.5 Å². The third-order valence-electron chi connectivity index (χ3n) is 4.89. The zero-order chi connectivity index (χ0) is 21.3. The molecule has 0 atom stereocenters. The fraction of sp³-hybridized carbons (Fsp3) is 0.364. The summed E-state index contributed by atoms with van der Waals surface area (Å²) in [6, 6.07) is 11.7. The van der Waals surface area contributed by atoms with Crippen molar-refractivity contribution in [2.75, 3.05) is 58.9 Å². The molecule has 0 aliphatic carbocycles. The molecule has 0 unspecified atom stereocenters. The fourth-order valence-electron chi connectivity index (χ4n) is 3.14. The average molecular weight is 413 g/mol. The minimum atomic E-state index is -0.326. The molecule has 2 N–H and O–H groups in total. The highest BCUT2D eigenvalue weighted by Gasteiger charge is 2.16. The normalized spacial score (nSPS) is 14.1. The van der Waals surface area contributed by atoms with Gasteiger partial charge in [0.05, 0.1) is 38.7 Å². The Morgan fingerprint density at radius 2 is 1.63 bits per heavy atom. The minimum absolute atomic E-state index is 0.254. The van der Waals surface area contributed by atoms with Gasteiger partial charge in [-0.05, 0) is 36.4 Å². The van der Waals surface area contributed by atoms with Crippen molar-refractivity contribution in [2.45, 2.75) is 0 Å². The number of carbonyl (C=O) groups excluding carboxylic acids is 2. The van der Waals surface area contributed by atoms with Crippen LogP contribution in [0.3, 0.4) is 0 Å². The molecule has 8 nitrogen and oxygen atoms in total. The van der Waals surface area contributed by atoms with E-state index in [9.17, 15) is 9.59 Å². The van der Waals surface area contributed by atoms with Crippen molar-refractivity contribution in [3.05, 3.63) is 53.6 Å². The molecule has 0 radical (unpaired) electrons. The molecular weight excluding hydrogens is 386 g/mol. The molecule has 2 aromatic carbocycles. The van der Waals surface area contributed by atoms with Gasteiger partial charge in [0, 0.05) is 37.8 Å². The first-order chi connectivity index (χ1) is 14.6. The number of methoxy groups -OCH3 is 2. The van der Waals surface area contributed by atoms with Gasteiger partial charge in [-0.1, -0.05) is 0 Å². The lowest BCUT2D eigenvalue weighted by Gasteiger charge is -2.26. The Balaban J connectivity index is 1.67. The number of nitrogens with zero attached hydrogens (tertiary/aromatic N) is 1. The summed E-state index contributed by atoms with van der Waals surface area (Å²) in [7, 11) is 3.10. The summed E-state index contributed by atoms with van der Waals surface area (Å²) in [4.78, 5) is 27.7. The number of hydrogen-bond donors (Lipinski definition) is 2. The topological polar surface area (TPSA) is 89.1 Å². The largest absolute Gasteiger partial charge is 0.497 e. The SMILES string of the molecule is COc1ccc(C(=O)Nc2cc(OC)ccc2C(=O)NCCN2CCOCC2)cc1. The van der Waals surface area contributed by atoms with Crippen LogP contribution in [0, 0.1) is 0 Å². The molecule has 30 heavy (non-hydrogen) atoms. The van der Waals surface area contributed by atoms with Gasteiger partial charge >= 0.3 is 0 Å². The van der Waals surface area contributed by atoms with Crippen LogP contribution in [0.5, 0.6) is 11.5 Å². The average Bonchev–Trinajstić information content (AvgIpc) is 2.79. The van der Waals surface area contributed by atoms with E-state index in [2.05, 4.69) is 15.5 Å². The van der Waals surface area contributed by atoms with Crippen LogP contribution in [0.2, 0.25) is 0 Å². The van der Waals surface area contributed by atoms with Gasteiger partial charge < -0.3 is 24.8 Å². The van der Waals surface area contributed by atoms with Crippen LogP contribution in [-0.4, -0.2) is 70.3 Å². The third-order valence-corrected chi connectivity index (χ3v) is 4.89. The lowest BCUT2D eigenvalue weighted by atomic mass is 10.1. The van der Waals surface area contributed by atoms with Crippen LogP contribution in [0.1, 0.15) is 20.7 Å². The third kappa shape index (κ3) is 5.71. The number of amides is 2. The second kappa shape index (κ2) is 10.6. The maximum atomic E-state index is 12.7. The highest BCUT2D eigenvalue weighted by Crippen LogP contribution is 2.23. The van der Waals surface area contributed by atoms with Gasteiger partial charge in [-0.25, -0.2) is 0 Å². The van der Waals surface area contributed by atoms with Gasteiger partial charge in [0.25, 0.3) is 11.8 Å². The van der Waals surface area contributed by atoms with Crippen molar-refractivity contribution >= 4 is 17.5 Å². The lowest BCUT2D eigenvalue weighted by molar-refractivity contribution is 0.0383. The van der Waals surface area contributed by atoms with Gasteiger partial charge in [-0.15, -0.1) is 0 Å². The molecule has 8 heteroatoms. The maximum absolute atomic E-state index is 12.7. The first kappa shape index (κ1) is 21.6. The number of benzene rings is 2. The van der Waals surface area contributed by atoms with E-state index in [-0.39, 0.29) is 11.8 Å². The summed E-state index contributed by atoms with van der Waals surface area (Å²) < 4.78 is 15.7. The van der Waals surface area contributed by atoms with Crippen molar-refractivity contribution in [2.24, 2.45) is 0 Å².